The molecule has 0 aromatic heterocycles. The summed E-state index contributed by atoms with van der Waals surface area (Å²) in [6.07, 6.45) is -0.735. The van der Waals surface area contributed by atoms with Gasteiger partial charge in [-0.1, -0.05) is 17.7 Å². The molecule has 0 fully saturated rings. The SMILES string of the molecule is CCOC(O)CNc1ccc(C)cc1. The molecule has 0 spiro atoms. The van der Waals surface area contributed by atoms with E-state index in [2.05, 4.69) is 5.32 Å². The highest BCUT2D eigenvalue weighted by Crippen LogP contribution is 2.08. The number of anilines is 1. The molecule has 0 aliphatic rings. The second-order valence-electron chi connectivity index (χ2n) is 3.16. The van der Waals surface area contributed by atoms with Crippen LogP contribution in [-0.4, -0.2) is 24.5 Å². The maximum absolute atomic E-state index is 9.28. The van der Waals surface area contributed by atoms with E-state index in [1.54, 1.807) is 0 Å². The first kappa shape index (κ1) is 11.0. The lowest BCUT2D eigenvalue weighted by molar-refractivity contribution is -0.0837. The molecule has 0 heterocycles. The van der Waals surface area contributed by atoms with Crippen molar-refractivity contribution in [1.82, 2.24) is 0 Å². The fraction of sp³-hybridized carbons (Fsp3) is 0.455. The topological polar surface area (TPSA) is 41.5 Å². The normalized spacial score (nSPS) is 12.5. The Morgan fingerprint density at radius 2 is 2.00 bits per heavy atom. The maximum Gasteiger partial charge on any atom is 0.171 e. The average molecular weight is 195 g/mol. The third kappa shape index (κ3) is 3.77. The molecule has 2 N–H and O–H groups in total. The summed E-state index contributed by atoms with van der Waals surface area (Å²) in [5, 5.41) is 12.4. The zero-order chi connectivity index (χ0) is 10.4. The monoisotopic (exact) mass is 195 g/mol. The Balaban J connectivity index is 2.34. The first-order chi connectivity index (χ1) is 6.72. The van der Waals surface area contributed by atoms with E-state index < -0.39 is 6.29 Å². The fourth-order valence-corrected chi connectivity index (χ4v) is 1.13. The predicted molar refractivity (Wildman–Crippen MR) is 57.3 cm³/mol. The van der Waals surface area contributed by atoms with E-state index in [0.29, 0.717) is 13.2 Å². The van der Waals surface area contributed by atoms with Crippen LogP contribution in [0.15, 0.2) is 24.3 Å². The minimum atomic E-state index is -0.735. The van der Waals surface area contributed by atoms with Gasteiger partial charge in [0.05, 0.1) is 6.54 Å². The van der Waals surface area contributed by atoms with Gasteiger partial charge in [-0.3, -0.25) is 0 Å². The first-order valence-corrected chi connectivity index (χ1v) is 4.82. The van der Waals surface area contributed by atoms with E-state index >= 15 is 0 Å². The van der Waals surface area contributed by atoms with Crippen LogP contribution in [-0.2, 0) is 4.74 Å². The highest BCUT2D eigenvalue weighted by molar-refractivity contribution is 5.44. The first-order valence-electron chi connectivity index (χ1n) is 4.82. The Labute approximate surface area is 84.7 Å². The Morgan fingerprint density at radius 3 is 2.57 bits per heavy atom. The summed E-state index contributed by atoms with van der Waals surface area (Å²) in [5.74, 6) is 0. The summed E-state index contributed by atoms with van der Waals surface area (Å²) in [5.41, 5.74) is 2.22. The van der Waals surface area contributed by atoms with Gasteiger partial charge >= 0.3 is 0 Å². The third-order valence-electron chi connectivity index (χ3n) is 1.89. The molecule has 0 amide bonds. The van der Waals surface area contributed by atoms with Crippen LogP contribution in [0.4, 0.5) is 5.69 Å². The molecule has 0 aliphatic heterocycles. The van der Waals surface area contributed by atoms with Crippen LogP contribution in [0.25, 0.3) is 0 Å². The molecule has 3 heteroatoms. The van der Waals surface area contributed by atoms with Crippen molar-refractivity contribution in [1.29, 1.82) is 0 Å². The molecule has 0 aliphatic carbocycles. The van der Waals surface area contributed by atoms with Crippen molar-refractivity contribution in [3.05, 3.63) is 29.8 Å². The van der Waals surface area contributed by atoms with E-state index in [1.165, 1.54) is 5.56 Å². The number of rotatable bonds is 5. The molecule has 1 atom stereocenters. The van der Waals surface area contributed by atoms with Crippen LogP contribution in [0, 0.1) is 6.92 Å². The second-order valence-corrected chi connectivity index (χ2v) is 3.16. The minimum absolute atomic E-state index is 0.414. The van der Waals surface area contributed by atoms with Gasteiger partial charge in [-0.2, -0.15) is 0 Å². The van der Waals surface area contributed by atoms with E-state index in [-0.39, 0.29) is 0 Å². The van der Waals surface area contributed by atoms with Gasteiger partial charge in [0.15, 0.2) is 6.29 Å². The highest BCUT2D eigenvalue weighted by Gasteiger charge is 2.01. The van der Waals surface area contributed by atoms with Crippen LogP contribution in [0.2, 0.25) is 0 Å². The minimum Gasteiger partial charge on any atom is -0.380 e. The van der Waals surface area contributed by atoms with Crippen molar-refractivity contribution in [2.45, 2.75) is 20.1 Å². The zero-order valence-corrected chi connectivity index (χ0v) is 8.66. The molecular weight excluding hydrogens is 178 g/mol. The number of aliphatic hydroxyl groups excluding tert-OH is 1. The number of ether oxygens (including phenoxy) is 1. The largest absolute Gasteiger partial charge is 0.380 e. The Bertz CT molecular complexity index is 258. The van der Waals surface area contributed by atoms with Crippen LogP contribution >= 0.6 is 0 Å². The van der Waals surface area contributed by atoms with Gasteiger partial charge in [-0.15, -0.1) is 0 Å². The van der Waals surface area contributed by atoms with E-state index in [1.807, 2.05) is 38.1 Å². The van der Waals surface area contributed by atoms with Gasteiger partial charge in [0.25, 0.3) is 0 Å². The maximum atomic E-state index is 9.28. The number of aryl methyl sites for hydroxylation is 1. The quantitative estimate of drug-likeness (QED) is 0.703. The molecule has 1 aromatic carbocycles. The van der Waals surface area contributed by atoms with Crippen LogP contribution in [0.1, 0.15) is 12.5 Å². The van der Waals surface area contributed by atoms with Crippen molar-refractivity contribution >= 4 is 5.69 Å². The number of aliphatic hydroxyl groups is 1. The molecule has 0 radical (unpaired) electrons. The highest BCUT2D eigenvalue weighted by atomic mass is 16.6. The molecule has 1 aromatic rings. The summed E-state index contributed by atoms with van der Waals surface area (Å²) >= 11 is 0. The molecule has 78 valence electrons. The van der Waals surface area contributed by atoms with Gasteiger partial charge in [-0.05, 0) is 26.0 Å². The van der Waals surface area contributed by atoms with Gasteiger partial charge in [0.2, 0.25) is 0 Å². The number of hydrogen-bond acceptors (Lipinski definition) is 3. The van der Waals surface area contributed by atoms with Gasteiger partial charge in [0.1, 0.15) is 0 Å². The third-order valence-corrected chi connectivity index (χ3v) is 1.89. The molecule has 14 heavy (non-hydrogen) atoms. The summed E-state index contributed by atoms with van der Waals surface area (Å²) < 4.78 is 4.98. The van der Waals surface area contributed by atoms with E-state index in [0.717, 1.165) is 5.69 Å². The molecule has 0 bridgehead atoms. The van der Waals surface area contributed by atoms with E-state index in [9.17, 15) is 5.11 Å². The van der Waals surface area contributed by atoms with Crippen LogP contribution in [0.5, 0.6) is 0 Å². The zero-order valence-electron chi connectivity index (χ0n) is 8.66. The smallest absolute Gasteiger partial charge is 0.171 e. The van der Waals surface area contributed by atoms with Crippen LogP contribution in [0.3, 0.4) is 0 Å². The Hall–Kier alpha value is -1.06. The lowest BCUT2D eigenvalue weighted by Gasteiger charge is -2.12. The Morgan fingerprint density at radius 1 is 1.36 bits per heavy atom. The molecular formula is C11H17NO2. The Kier molecular flexibility index (Phi) is 4.43. The number of hydrogen-bond donors (Lipinski definition) is 2. The molecule has 1 rings (SSSR count). The van der Waals surface area contributed by atoms with Crippen molar-refractivity contribution in [3.8, 4) is 0 Å². The van der Waals surface area contributed by atoms with Crippen LogP contribution < -0.4 is 5.32 Å². The number of benzene rings is 1. The van der Waals surface area contributed by atoms with Crippen molar-refractivity contribution in [2.75, 3.05) is 18.5 Å². The van der Waals surface area contributed by atoms with E-state index in [4.69, 9.17) is 4.74 Å². The molecule has 3 nitrogen and oxygen atoms in total. The summed E-state index contributed by atoms with van der Waals surface area (Å²) in [6.45, 7) is 4.83. The lowest BCUT2D eigenvalue weighted by atomic mass is 10.2. The predicted octanol–water partition coefficient (Wildman–Crippen LogP) is 1.76. The summed E-state index contributed by atoms with van der Waals surface area (Å²) in [4.78, 5) is 0. The fourth-order valence-electron chi connectivity index (χ4n) is 1.13. The molecule has 0 saturated carbocycles. The molecule has 0 saturated heterocycles. The summed E-state index contributed by atoms with van der Waals surface area (Å²) in [6, 6.07) is 8.01. The van der Waals surface area contributed by atoms with Crippen molar-refractivity contribution in [2.24, 2.45) is 0 Å². The lowest BCUT2D eigenvalue weighted by Crippen LogP contribution is -2.22. The van der Waals surface area contributed by atoms with Gasteiger partial charge < -0.3 is 15.2 Å². The molecule has 1 unspecified atom stereocenters. The average Bonchev–Trinajstić information content (AvgIpc) is 2.17. The van der Waals surface area contributed by atoms with Gasteiger partial charge in [0, 0.05) is 12.3 Å². The number of nitrogens with one attached hydrogen (secondary N) is 1. The van der Waals surface area contributed by atoms with Gasteiger partial charge in [-0.25, -0.2) is 0 Å². The standard InChI is InChI=1S/C11H17NO2/c1-3-14-11(13)8-12-10-6-4-9(2)5-7-10/h4-7,11-13H,3,8H2,1-2H3. The summed E-state index contributed by atoms with van der Waals surface area (Å²) in [7, 11) is 0. The second kappa shape index (κ2) is 5.62. The van der Waals surface area contributed by atoms with Crippen molar-refractivity contribution < 1.29 is 9.84 Å². The van der Waals surface area contributed by atoms with Crippen molar-refractivity contribution in [3.63, 3.8) is 0 Å².